The van der Waals surface area contributed by atoms with E-state index in [2.05, 4.69) is 10.1 Å². The summed E-state index contributed by atoms with van der Waals surface area (Å²) in [6.45, 7) is 1.81. The first kappa shape index (κ1) is 18.1. The summed E-state index contributed by atoms with van der Waals surface area (Å²) >= 11 is 12.8. The smallest absolute Gasteiger partial charge is 0.213 e. The van der Waals surface area contributed by atoms with Gasteiger partial charge in [0.25, 0.3) is 0 Å². The summed E-state index contributed by atoms with van der Waals surface area (Å²) in [7, 11) is 0. The monoisotopic (exact) mass is 421 g/mol. The third-order valence-corrected chi connectivity index (χ3v) is 5.57. The van der Waals surface area contributed by atoms with Crippen LogP contribution < -0.4 is 0 Å². The predicted octanol–water partition coefficient (Wildman–Crippen LogP) is 6.56. The maximum absolute atomic E-state index is 14.5. The summed E-state index contributed by atoms with van der Waals surface area (Å²) in [4.78, 5) is 4.35. The van der Waals surface area contributed by atoms with Gasteiger partial charge in [-0.15, -0.1) is 0 Å². The normalized spacial score (nSPS) is 11.1. The van der Waals surface area contributed by atoms with Gasteiger partial charge in [-0.1, -0.05) is 52.7 Å². The number of thiazole rings is 1. The quantitative estimate of drug-likeness (QED) is 0.375. The second kappa shape index (κ2) is 7.03. The van der Waals surface area contributed by atoms with Gasteiger partial charge in [-0.2, -0.15) is 9.49 Å². The maximum Gasteiger partial charge on any atom is 0.213 e. The van der Waals surface area contributed by atoms with Crippen molar-refractivity contribution >= 4 is 34.5 Å². The van der Waals surface area contributed by atoms with Gasteiger partial charge in [0.15, 0.2) is 0 Å². The molecule has 0 radical (unpaired) electrons. The SMILES string of the molecule is Cc1nn(-c2nc(-c3ccc(Cl)c(Cl)c3)c(F)s2)cc1-c1cccc(F)c1. The van der Waals surface area contributed by atoms with Crippen LogP contribution in [0.25, 0.3) is 27.5 Å². The summed E-state index contributed by atoms with van der Waals surface area (Å²) in [5.41, 5.74) is 2.83. The highest BCUT2D eigenvalue weighted by atomic mass is 35.5. The van der Waals surface area contributed by atoms with E-state index in [0.29, 0.717) is 32.0 Å². The lowest BCUT2D eigenvalue weighted by atomic mass is 10.1. The highest BCUT2D eigenvalue weighted by Crippen LogP contribution is 2.33. The molecular weight excluding hydrogens is 411 g/mol. The zero-order valence-electron chi connectivity index (χ0n) is 13.9. The fraction of sp³-hybridized carbons (Fsp3) is 0.0526. The zero-order chi connectivity index (χ0) is 19.1. The molecule has 0 N–H and O–H groups in total. The van der Waals surface area contributed by atoms with Crippen molar-refractivity contribution < 1.29 is 8.78 Å². The van der Waals surface area contributed by atoms with Gasteiger partial charge in [-0.3, -0.25) is 0 Å². The van der Waals surface area contributed by atoms with Crippen LogP contribution in [0.2, 0.25) is 10.0 Å². The van der Waals surface area contributed by atoms with Crippen molar-refractivity contribution in [1.82, 2.24) is 14.8 Å². The third kappa shape index (κ3) is 3.48. The molecule has 0 bridgehead atoms. The number of aromatic nitrogens is 3. The first-order valence-corrected chi connectivity index (χ1v) is 9.44. The van der Waals surface area contributed by atoms with Crippen LogP contribution in [0.3, 0.4) is 0 Å². The first-order valence-electron chi connectivity index (χ1n) is 7.86. The van der Waals surface area contributed by atoms with Crippen molar-refractivity contribution in [1.29, 1.82) is 0 Å². The molecule has 4 rings (SSSR count). The molecule has 0 spiro atoms. The number of rotatable bonds is 3. The van der Waals surface area contributed by atoms with Gasteiger partial charge in [0.05, 0.1) is 15.7 Å². The molecule has 2 aromatic carbocycles. The Labute approximate surface area is 167 Å². The van der Waals surface area contributed by atoms with E-state index >= 15 is 0 Å². The van der Waals surface area contributed by atoms with Gasteiger partial charge in [0.2, 0.25) is 10.3 Å². The average molecular weight is 422 g/mol. The molecule has 3 nitrogen and oxygen atoms in total. The highest BCUT2D eigenvalue weighted by Gasteiger charge is 2.17. The molecule has 0 fully saturated rings. The van der Waals surface area contributed by atoms with Gasteiger partial charge in [0.1, 0.15) is 11.5 Å². The second-order valence-electron chi connectivity index (χ2n) is 5.83. The Hall–Kier alpha value is -2.28. The van der Waals surface area contributed by atoms with Crippen molar-refractivity contribution in [3.63, 3.8) is 0 Å². The van der Waals surface area contributed by atoms with Crippen LogP contribution in [0, 0.1) is 17.9 Å². The summed E-state index contributed by atoms with van der Waals surface area (Å²) in [5.74, 6) is -0.332. The van der Waals surface area contributed by atoms with Crippen LogP contribution in [0.1, 0.15) is 5.69 Å². The lowest BCUT2D eigenvalue weighted by Crippen LogP contribution is -1.94. The summed E-state index contributed by atoms with van der Waals surface area (Å²) < 4.78 is 29.5. The van der Waals surface area contributed by atoms with Gasteiger partial charge in [-0.25, -0.2) is 14.1 Å². The van der Waals surface area contributed by atoms with Crippen LogP contribution in [-0.4, -0.2) is 14.8 Å². The Bertz CT molecular complexity index is 1150. The molecule has 0 aliphatic carbocycles. The molecule has 4 aromatic rings. The Morgan fingerprint density at radius 2 is 1.81 bits per heavy atom. The number of aryl methyl sites for hydroxylation is 1. The van der Waals surface area contributed by atoms with E-state index in [0.717, 1.165) is 16.9 Å². The topological polar surface area (TPSA) is 30.7 Å². The van der Waals surface area contributed by atoms with Crippen LogP contribution in [0.15, 0.2) is 48.7 Å². The van der Waals surface area contributed by atoms with Crippen molar-refractivity contribution in [3.05, 3.63) is 75.3 Å². The molecule has 0 saturated heterocycles. The van der Waals surface area contributed by atoms with Crippen LogP contribution >= 0.6 is 34.5 Å². The molecule has 0 amide bonds. The predicted molar refractivity (Wildman–Crippen MR) is 105 cm³/mol. The molecule has 0 atom stereocenters. The van der Waals surface area contributed by atoms with Crippen molar-refractivity contribution in [3.8, 4) is 27.5 Å². The number of hydrogen-bond donors (Lipinski definition) is 0. The molecule has 2 heterocycles. The lowest BCUT2D eigenvalue weighted by molar-refractivity contribution is 0.628. The molecular formula is C19H11Cl2F2N3S. The minimum atomic E-state index is -0.455. The summed E-state index contributed by atoms with van der Waals surface area (Å²) in [6.07, 6.45) is 1.71. The molecule has 136 valence electrons. The summed E-state index contributed by atoms with van der Waals surface area (Å²) in [5, 5.41) is 5.01. The molecule has 0 unspecified atom stereocenters. The molecule has 8 heteroatoms. The number of hydrogen-bond acceptors (Lipinski definition) is 3. The van der Waals surface area contributed by atoms with Gasteiger partial charge >= 0.3 is 0 Å². The number of nitrogens with zero attached hydrogens (tertiary/aromatic N) is 3. The van der Waals surface area contributed by atoms with Crippen molar-refractivity contribution in [2.24, 2.45) is 0 Å². The Kier molecular flexibility index (Phi) is 4.72. The van der Waals surface area contributed by atoms with E-state index in [1.54, 1.807) is 43.5 Å². The van der Waals surface area contributed by atoms with E-state index in [-0.39, 0.29) is 11.5 Å². The van der Waals surface area contributed by atoms with Gasteiger partial charge in [-0.05, 0) is 36.8 Å². The van der Waals surface area contributed by atoms with Crippen molar-refractivity contribution in [2.45, 2.75) is 6.92 Å². The second-order valence-corrected chi connectivity index (χ2v) is 7.57. The highest BCUT2D eigenvalue weighted by molar-refractivity contribution is 7.12. The molecule has 27 heavy (non-hydrogen) atoms. The van der Waals surface area contributed by atoms with E-state index < -0.39 is 5.13 Å². The standard InChI is InChI=1S/C19H11Cl2F2N3S/c1-10-14(11-3-2-4-13(22)7-11)9-26(25-10)19-24-17(18(23)27-19)12-5-6-15(20)16(21)8-12/h2-9H,1H3. The fourth-order valence-corrected chi connectivity index (χ4v) is 3.75. The third-order valence-electron chi connectivity index (χ3n) is 4.00. The Morgan fingerprint density at radius 1 is 1.00 bits per heavy atom. The van der Waals surface area contributed by atoms with E-state index in [1.165, 1.54) is 16.8 Å². The minimum absolute atomic E-state index is 0.175. The Balaban J connectivity index is 1.75. The number of benzene rings is 2. The minimum Gasteiger partial charge on any atom is -0.215 e. The molecule has 0 aliphatic rings. The van der Waals surface area contributed by atoms with Crippen molar-refractivity contribution in [2.75, 3.05) is 0 Å². The van der Waals surface area contributed by atoms with Crippen LogP contribution in [0.4, 0.5) is 8.78 Å². The first-order chi connectivity index (χ1) is 12.9. The van der Waals surface area contributed by atoms with Crippen LogP contribution in [0.5, 0.6) is 0 Å². The average Bonchev–Trinajstić information content (AvgIpc) is 3.20. The van der Waals surface area contributed by atoms with Crippen LogP contribution in [-0.2, 0) is 0 Å². The van der Waals surface area contributed by atoms with E-state index in [1.807, 2.05) is 0 Å². The molecule has 0 aliphatic heterocycles. The van der Waals surface area contributed by atoms with E-state index in [9.17, 15) is 8.78 Å². The largest absolute Gasteiger partial charge is 0.215 e. The molecule has 0 saturated carbocycles. The zero-order valence-corrected chi connectivity index (χ0v) is 16.2. The van der Waals surface area contributed by atoms with E-state index in [4.69, 9.17) is 23.2 Å². The molecule has 2 aromatic heterocycles. The fourth-order valence-electron chi connectivity index (χ4n) is 2.71. The summed E-state index contributed by atoms with van der Waals surface area (Å²) in [6, 6.07) is 11.0. The van der Waals surface area contributed by atoms with Gasteiger partial charge in [0, 0.05) is 17.3 Å². The maximum atomic E-state index is 14.5. The van der Waals surface area contributed by atoms with Gasteiger partial charge < -0.3 is 0 Å². The Morgan fingerprint density at radius 3 is 2.56 bits per heavy atom. The number of halogens is 4. The lowest BCUT2D eigenvalue weighted by Gasteiger charge is -2.00.